The fourth-order valence-corrected chi connectivity index (χ4v) is 17.8. The molecule has 0 saturated heterocycles. The number of benzene rings is 12. The quantitative estimate of drug-likeness (QED) is 0.0265. The molecule has 15 heteroatoms. The van der Waals surface area contributed by atoms with Gasteiger partial charge in [-0.15, -0.1) is 11.6 Å². The molecule has 12 aromatic carbocycles. The summed E-state index contributed by atoms with van der Waals surface area (Å²) in [7, 11) is 0. The summed E-state index contributed by atoms with van der Waals surface area (Å²) in [4.78, 5) is 0. The SMILES string of the molecule is CCCCCCCCCCCCOc1ccc(COc2ccc(COc3ccc(COc4cc(OCc5ccc(OCc6ccc(OCc7ccc(OCCCCCCCCCCCC)cc7)cc6)c(OCc6ccc(OCc7ccc(OCCCCCCCCCCCC)cc7)cc6)c5)cc(-c5ccc(CCl)cc5)c4)cc3OCc3ccc(OCc4ccc(OCCCCCCCCCCCC)cc4)cc3)cc2)cc1. The topological polar surface area (TPSA) is 129 Å². The van der Waals surface area contributed by atoms with Gasteiger partial charge in [-0.1, -0.05) is 392 Å². The van der Waals surface area contributed by atoms with E-state index in [9.17, 15) is 0 Å². The molecule has 12 rings (SSSR count). The van der Waals surface area contributed by atoms with E-state index in [1.807, 2.05) is 212 Å². The summed E-state index contributed by atoms with van der Waals surface area (Å²) in [5, 5.41) is 0. The largest absolute Gasteiger partial charge is 0.494 e. The first-order valence-electron chi connectivity index (χ1n) is 55.7. The highest BCUT2D eigenvalue weighted by atomic mass is 35.5. The van der Waals surface area contributed by atoms with E-state index in [2.05, 4.69) is 88.4 Å². The van der Waals surface area contributed by atoms with Crippen molar-refractivity contribution in [2.45, 2.75) is 356 Å². The van der Waals surface area contributed by atoms with Crippen LogP contribution in [0.15, 0.2) is 273 Å². The van der Waals surface area contributed by atoms with Crippen LogP contribution in [0.25, 0.3) is 11.1 Å². The monoisotopic (exact) mass is 2000 g/mol. The van der Waals surface area contributed by atoms with Crippen molar-refractivity contribution in [3.8, 4) is 91.6 Å². The van der Waals surface area contributed by atoms with Crippen LogP contribution in [0.5, 0.6) is 80.5 Å². The summed E-state index contributed by atoms with van der Waals surface area (Å²) in [5.74, 6) is 10.5. The molecular weight excluding hydrogens is 1830 g/mol. The van der Waals surface area contributed by atoms with Gasteiger partial charge in [-0.2, -0.15) is 0 Å². The van der Waals surface area contributed by atoms with Crippen LogP contribution >= 0.6 is 11.6 Å². The molecule has 14 nitrogen and oxygen atoms in total. The molecule has 0 aliphatic rings. The van der Waals surface area contributed by atoms with Crippen molar-refractivity contribution in [1.82, 2.24) is 0 Å². The van der Waals surface area contributed by atoms with E-state index in [4.69, 9.17) is 77.9 Å². The lowest BCUT2D eigenvalue weighted by Crippen LogP contribution is -2.04. The first-order chi connectivity index (χ1) is 72.2. The Morgan fingerprint density at radius 2 is 0.315 bits per heavy atom. The Labute approximate surface area is 880 Å². The second-order valence-corrected chi connectivity index (χ2v) is 39.5. The number of unbranched alkanes of at least 4 members (excludes halogenated alkanes) is 36. The van der Waals surface area contributed by atoms with Gasteiger partial charge < -0.3 is 66.3 Å². The molecule has 0 bridgehead atoms. The number of hydrogen-bond donors (Lipinski definition) is 0. The summed E-state index contributed by atoms with van der Waals surface area (Å²) in [6.07, 6.45) is 52.0. The van der Waals surface area contributed by atoms with Crippen LogP contribution in [0.4, 0.5) is 0 Å². The summed E-state index contributed by atoms with van der Waals surface area (Å²) < 4.78 is 90.2. The van der Waals surface area contributed by atoms with E-state index >= 15 is 0 Å². The first kappa shape index (κ1) is 113. The standard InChI is InChI=1S/C131H167ClO14/c1-5-9-13-17-21-25-29-33-37-41-85-133-118-67-47-106(48-68-118)95-137-122-75-55-110(56-76-122)99-143-128-83-63-114(89-130(128)145-101-112-59-79-124(80-60-112)139-97-108-51-71-120(72-52-108)135-87-43-39-35-31-27-23-19-15-11-7-3)103-141-126-91-117(116-65-45-105(94-132)46-66-116)92-127(93-126)142-104-115-64-84-129(144-100-111-57-77-123(78-58-111)138-96-107-49-69-119(70-50-107)134-86-42-38-34-30-26-22-18-14-10-6-2)131(90-115)146-102-113-61-81-125(82-62-113)140-98-109-53-73-121(74-54-109)136-88-44-40-36-32-28-24-20-16-12-8-4/h45-84,89-93H,5-44,85-88,94-104H2,1-4H3. The Morgan fingerprint density at radius 3 is 0.541 bits per heavy atom. The van der Waals surface area contributed by atoms with Gasteiger partial charge in [-0.05, 0) is 231 Å². The van der Waals surface area contributed by atoms with Crippen molar-refractivity contribution >= 4 is 11.6 Å². The maximum atomic E-state index is 6.82. The summed E-state index contributed by atoms with van der Waals surface area (Å²) in [6, 6.07) is 91.4. The van der Waals surface area contributed by atoms with Gasteiger partial charge in [0.1, 0.15) is 124 Å². The zero-order chi connectivity index (χ0) is 101. The third-order valence-corrected chi connectivity index (χ3v) is 27.1. The molecule has 0 atom stereocenters. The lowest BCUT2D eigenvalue weighted by atomic mass is 10.0. The number of hydrogen-bond acceptors (Lipinski definition) is 14. The highest BCUT2D eigenvalue weighted by Gasteiger charge is 2.17. The van der Waals surface area contributed by atoms with E-state index in [1.165, 1.54) is 231 Å². The molecular formula is C131H167ClO14. The minimum atomic E-state index is 0.204. The summed E-state index contributed by atoms with van der Waals surface area (Å²) in [5.41, 5.74) is 12.8. The molecule has 0 spiro atoms. The van der Waals surface area contributed by atoms with E-state index in [1.54, 1.807) is 0 Å². The Balaban J connectivity index is 0.685. The smallest absolute Gasteiger partial charge is 0.162 e. The second-order valence-electron chi connectivity index (χ2n) is 39.2. The Kier molecular flexibility index (Phi) is 53.6. The lowest BCUT2D eigenvalue weighted by molar-refractivity contribution is 0.253. The summed E-state index contributed by atoms with van der Waals surface area (Å²) in [6.45, 7) is 15.3. The highest BCUT2D eigenvalue weighted by molar-refractivity contribution is 6.17. The van der Waals surface area contributed by atoms with Crippen molar-refractivity contribution in [2.75, 3.05) is 26.4 Å². The van der Waals surface area contributed by atoms with Crippen molar-refractivity contribution in [3.05, 3.63) is 334 Å². The van der Waals surface area contributed by atoms with Gasteiger partial charge in [0, 0.05) is 11.9 Å². The van der Waals surface area contributed by atoms with Crippen LogP contribution in [-0.4, -0.2) is 26.4 Å². The average molecular weight is 2000 g/mol. The molecule has 0 fully saturated rings. The molecule has 782 valence electrons. The van der Waals surface area contributed by atoms with Gasteiger partial charge >= 0.3 is 0 Å². The molecule has 12 aromatic rings. The van der Waals surface area contributed by atoms with Crippen molar-refractivity contribution in [3.63, 3.8) is 0 Å². The van der Waals surface area contributed by atoms with E-state index in [0.717, 1.165) is 170 Å². The molecule has 0 heterocycles. The number of rotatable bonds is 80. The molecule has 0 saturated carbocycles. The number of halogens is 1. The van der Waals surface area contributed by atoms with Crippen LogP contribution in [0.2, 0.25) is 0 Å². The first-order valence-corrected chi connectivity index (χ1v) is 56.3. The Morgan fingerprint density at radius 1 is 0.137 bits per heavy atom. The third kappa shape index (κ3) is 45.2. The van der Waals surface area contributed by atoms with E-state index in [-0.39, 0.29) is 26.4 Å². The molecule has 0 radical (unpaired) electrons. The molecule has 0 N–H and O–H groups in total. The Hall–Kier alpha value is -11.9. The van der Waals surface area contributed by atoms with E-state index < -0.39 is 0 Å². The fourth-order valence-electron chi connectivity index (χ4n) is 17.7. The highest BCUT2D eigenvalue weighted by Crippen LogP contribution is 2.38. The van der Waals surface area contributed by atoms with Gasteiger partial charge in [0.25, 0.3) is 0 Å². The van der Waals surface area contributed by atoms with Crippen molar-refractivity contribution in [2.24, 2.45) is 0 Å². The molecule has 0 unspecified atom stereocenters. The van der Waals surface area contributed by atoms with Gasteiger partial charge in [-0.3, -0.25) is 0 Å². The average Bonchev–Trinajstić information content (AvgIpc) is 0.814. The van der Waals surface area contributed by atoms with Crippen LogP contribution < -0.4 is 66.3 Å². The molecule has 0 aliphatic carbocycles. The maximum absolute atomic E-state index is 6.82. The zero-order valence-corrected chi connectivity index (χ0v) is 89.2. The van der Waals surface area contributed by atoms with Crippen LogP contribution in [0, 0.1) is 0 Å². The molecule has 0 aliphatic heterocycles. The number of ether oxygens (including phenoxy) is 14. The Bertz CT molecular complexity index is 5110. The van der Waals surface area contributed by atoms with Gasteiger partial charge in [0.15, 0.2) is 23.0 Å². The normalized spacial score (nSPS) is 11.2. The van der Waals surface area contributed by atoms with Gasteiger partial charge in [-0.25, -0.2) is 0 Å². The van der Waals surface area contributed by atoms with Gasteiger partial charge in [0.05, 0.1) is 26.4 Å². The molecule has 0 amide bonds. The van der Waals surface area contributed by atoms with Crippen molar-refractivity contribution < 1.29 is 66.3 Å². The van der Waals surface area contributed by atoms with Crippen LogP contribution in [0.3, 0.4) is 0 Å². The lowest BCUT2D eigenvalue weighted by Gasteiger charge is -2.17. The zero-order valence-electron chi connectivity index (χ0n) is 88.5. The van der Waals surface area contributed by atoms with Gasteiger partial charge in [0.2, 0.25) is 0 Å². The van der Waals surface area contributed by atoms with Crippen LogP contribution in [0.1, 0.15) is 346 Å². The van der Waals surface area contributed by atoms with E-state index in [0.29, 0.717) is 80.0 Å². The fraction of sp³-hybridized carbons (Fsp3) is 0.450. The molecule has 0 aromatic heterocycles. The number of alkyl halides is 1. The molecule has 146 heavy (non-hydrogen) atoms. The third-order valence-electron chi connectivity index (χ3n) is 26.8. The maximum Gasteiger partial charge on any atom is 0.162 e. The predicted octanol–water partition coefficient (Wildman–Crippen LogP) is 37.1. The second kappa shape index (κ2) is 69.3. The van der Waals surface area contributed by atoms with Crippen molar-refractivity contribution in [1.29, 1.82) is 0 Å². The minimum Gasteiger partial charge on any atom is -0.494 e. The minimum absolute atomic E-state index is 0.204. The summed E-state index contributed by atoms with van der Waals surface area (Å²) >= 11 is 6.36. The predicted molar refractivity (Wildman–Crippen MR) is 599 cm³/mol. The van der Waals surface area contributed by atoms with Crippen LogP contribution in [-0.2, 0) is 71.9 Å².